The summed E-state index contributed by atoms with van der Waals surface area (Å²) in [5, 5.41) is 1.27. The molecule has 1 saturated heterocycles. The maximum Gasteiger partial charge on any atom is 0.272 e. The molecule has 190 valence electrons. The largest absolute Gasteiger partial charge is 0.497 e. The molecular formula is C25H31Cl2N3O4S. The number of carbonyl (C=O) groups is 1. The van der Waals surface area contributed by atoms with Gasteiger partial charge in [-0.05, 0) is 56.7 Å². The number of halogens is 2. The van der Waals surface area contributed by atoms with E-state index in [1.165, 1.54) is 11.3 Å². The number of hydrogen-bond donors (Lipinski definition) is 0. The Bertz CT molecular complexity index is 1120. The minimum absolute atomic E-state index is 0. The summed E-state index contributed by atoms with van der Waals surface area (Å²) in [7, 11) is 1.63. The predicted molar refractivity (Wildman–Crippen MR) is 144 cm³/mol. The Hall–Kier alpha value is -2.10. The maximum absolute atomic E-state index is 13.8. The molecule has 10 heteroatoms. The summed E-state index contributed by atoms with van der Waals surface area (Å²) in [5.41, 5.74) is -0.288. The zero-order chi connectivity index (χ0) is 24.1. The molecule has 35 heavy (non-hydrogen) atoms. The van der Waals surface area contributed by atoms with E-state index in [2.05, 4.69) is 4.90 Å². The first-order chi connectivity index (χ1) is 16.4. The Morgan fingerprint density at radius 3 is 2.54 bits per heavy atom. The van der Waals surface area contributed by atoms with Crippen LogP contribution in [0.5, 0.6) is 11.5 Å². The monoisotopic (exact) mass is 539 g/mol. The first-order valence-corrected chi connectivity index (χ1v) is 12.6. The summed E-state index contributed by atoms with van der Waals surface area (Å²) < 4.78 is 17.9. The van der Waals surface area contributed by atoms with Crippen LogP contribution in [0.4, 0.5) is 5.13 Å². The lowest BCUT2D eigenvalue weighted by Crippen LogP contribution is -2.50. The number of carbonyl (C=O) groups excluding carboxylic acids is 1. The quantitative estimate of drug-likeness (QED) is 0.368. The zero-order valence-corrected chi connectivity index (χ0v) is 22.5. The minimum atomic E-state index is -1.09. The number of nitrogens with zero attached hydrogens (tertiary/aromatic N) is 3. The smallest absolute Gasteiger partial charge is 0.272 e. The molecule has 2 heterocycles. The van der Waals surface area contributed by atoms with Gasteiger partial charge in [-0.25, -0.2) is 4.98 Å². The Balaban J connectivity index is 0.00000342. The second-order valence-corrected chi connectivity index (χ2v) is 10.1. The van der Waals surface area contributed by atoms with Gasteiger partial charge in [0.1, 0.15) is 11.5 Å². The number of morpholine rings is 1. The lowest BCUT2D eigenvalue weighted by Gasteiger charge is -2.32. The van der Waals surface area contributed by atoms with Gasteiger partial charge in [-0.2, -0.15) is 0 Å². The Kier molecular flexibility index (Phi) is 9.61. The predicted octanol–water partition coefficient (Wildman–Crippen LogP) is 5.29. The van der Waals surface area contributed by atoms with E-state index in [0.29, 0.717) is 22.4 Å². The number of ether oxygens (including phenoxy) is 3. The molecule has 4 rings (SSSR count). The molecule has 1 fully saturated rings. The summed E-state index contributed by atoms with van der Waals surface area (Å²) in [6, 6.07) is 12.8. The molecule has 1 aromatic heterocycles. The Morgan fingerprint density at radius 1 is 1.17 bits per heavy atom. The number of amides is 1. The number of fused-ring (bicyclic) bond motifs is 1. The van der Waals surface area contributed by atoms with Crippen LogP contribution in [-0.2, 0) is 9.53 Å². The lowest BCUT2D eigenvalue weighted by atomic mass is 10.1. The molecule has 7 nitrogen and oxygen atoms in total. The summed E-state index contributed by atoms with van der Waals surface area (Å²) in [5.74, 6) is 1.18. The van der Waals surface area contributed by atoms with Crippen LogP contribution >= 0.6 is 35.3 Å². The number of aromatic nitrogens is 1. The van der Waals surface area contributed by atoms with Crippen LogP contribution in [0.25, 0.3) is 10.2 Å². The second-order valence-electron chi connectivity index (χ2n) is 8.66. The fourth-order valence-electron chi connectivity index (χ4n) is 3.86. The van der Waals surface area contributed by atoms with E-state index >= 15 is 0 Å². The van der Waals surface area contributed by atoms with E-state index in [1.807, 2.05) is 18.2 Å². The minimum Gasteiger partial charge on any atom is -0.497 e. The fraction of sp³-hybridized carbons (Fsp3) is 0.440. The molecule has 0 radical (unpaired) electrons. The molecule has 0 N–H and O–H groups in total. The SMILES string of the molecule is COc1ccc2sc(N(CCCN3CCOCC3)C(=O)C(C)(C)Oc3ccc(Cl)cc3)nc2c1.Cl. The van der Waals surface area contributed by atoms with E-state index in [4.69, 9.17) is 30.8 Å². The summed E-state index contributed by atoms with van der Waals surface area (Å²) in [4.78, 5) is 22.7. The highest BCUT2D eigenvalue weighted by molar-refractivity contribution is 7.22. The highest BCUT2D eigenvalue weighted by atomic mass is 35.5. The molecule has 0 spiro atoms. The highest BCUT2D eigenvalue weighted by Crippen LogP contribution is 2.33. The second kappa shape index (κ2) is 12.2. The molecule has 0 saturated carbocycles. The fourth-order valence-corrected chi connectivity index (χ4v) is 4.96. The number of thiazole rings is 1. The molecule has 0 aliphatic carbocycles. The van der Waals surface area contributed by atoms with Gasteiger partial charge in [0.05, 0.1) is 30.5 Å². The van der Waals surface area contributed by atoms with E-state index in [1.54, 1.807) is 50.1 Å². The van der Waals surface area contributed by atoms with E-state index in [9.17, 15) is 4.79 Å². The Labute approximate surface area is 221 Å². The van der Waals surface area contributed by atoms with Gasteiger partial charge in [-0.3, -0.25) is 14.6 Å². The summed E-state index contributed by atoms with van der Waals surface area (Å²) in [6.45, 7) is 8.35. The number of hydrogen-bond acceptors (Lipinski definition) is 7. The normalized spacial score (nSPS) is 14.4. The van der Waals surface area contributed by atoms with E-state index in [-0.39, 0.29) is 18.3 Å². The van der Waals surface area contributed by atoms with Gasteiger partial charge >= 0.3 is 0 Å². The molecule has 1 amide bonds. The van der Waals surface area contributed by atoms with Gasteiger partial charge in [-0.15, -0.1) is 12.4 Å². The van der Waals surface area contributed by atoms with Crippen molar-refractivity contribution in [2.45, 2.75) is 25.9 Å². The van der Waals surface area contributed by atoms with Gasteiger partial charge < -0.3 is 14.2 Å². The van der Waals surface area contributed by atoms with Crippen molar-refractivity contribution in [1.82, 2.24) is 9.88 Å². The van der Waals surface area contributed by atoms with Crippen LogP contribution in [0.3, 0.4) is 0 Å². The highest BCUT2D eigenvalue weighted by Gasteiger charge is 2.36. The standard InChI is InChI=1S/C25H30ClN3O4S.ClH/c1-25(2,33-19-7-5-18(26)6-8-19)23(30)29(12-4-11-28-13-15-32-16-14-28)24-27-21-17-20(31-3)9-10-22(21)34-24;/h5-10,17H,4,11-16H2,1-3H3;1H. The average molecular weight is 541 g/mol. The first-order valence-electron chi connectivity index (χ1n) is 11.4. The number of methoxy groups -OCH3 is 1. The first kappa shape index (κ1) is 27.5. The number of anilines is 1. The van der Waals surface area contributed by atoms with Crippen molar-refractivity contribution < 1.29 is 19.0 Å². The van der Waals surface area contributed by atoms with Crippen molar-refractivity contribution in [2.24, 2.45) is 0 Å². The van der Waals surface area contributed by atoms with Gasteiger partial charge in [0.15, 0.2) is 10.7 Å². The topological polar surface area (TPSA) is 64.1 Å². The zero-order valence-electron chi connectivity index (χ0n) is 20.2. The van der Waals surface area contributed by atoms with Crippen LogP contribution in [0.15, 0.2) is 42.5 Å². The van der Waals surface area contributed by atoms with E-state index in [0.717, 1.165) is 55.2 Å². The number of benzene rings is 2. The van der Waals surface area contributed by atoms with Crippen molar-refractivity contribution in [3.05, 3.63) is 47.5 Å². The van der Waals surface area contributed by atoms with Crippen LogP contribution in [0.1, 0.15) is 20.3 Å². The van der Waals surface area contributed by atoms with Crippen LogP contribution in [0.2, 0.25) is 5.02 Å². The number of rotatable bonds is 9. The van der Waals surface area contributed by atoms with Gasteiger partial charge in [0.2, 0.25) is 0 Å². The Morgan fingerprint density at radius 2 is 1.86 bits per heavy atom. The van der Waals surface area contributed by atoms with Gasteiger partial charge in [0, 0.05) is 37.3 Å². The van der Waals surface area contributed by atoms with E-state index < -0.39 is 5.60 Å². The van der Waals surface area contributed by atoms with Crippen LogP contribution < -0.4 is 14.4 Å². The van der Waals surface area contributed by atoms with Crippen molar-refractivity contribution >= 4 is 56.6 Å². The van der Waals surface area contributed by atoms with Crippen molar-refractivity contribution in [3.8, 4) is 11.5 Å². The van der Waals surface area contributed by atoms with Crippen molar-refractivity contribution in [3.63, 3.8) is 0 Å². The summed E-state index contributed by atoms with van der Waals surface area (Å²) >= 11 is 7.49. The molecular weight excluding hydrogens is 509 g/mol. The molecule has 0 atom stereocenters. The van der Waals surface area contributed by atoms with Crippen LogP contribution in [0, 0.1) is 0 Å². The molecule has 0 unspecified atom stereocenters. The van der Waals surface area contributed by atoms with Crippen molar-refractivity contribution in [2.75, 3.05) is 51.4 Å². The lowest BCUT2D eigenvalue weighted by molar-refractivity contribution is -0.131. The van der Waals surface area contributed by atoms with Gasteiger partial charge in [-0.1, -0.05) is 22.9 Å². The average Bonchev–Trinajstić information content (AvgIpc) is 3.26. The van der Waals surface area contributed by atoms with Crippen molar-refractivity contribution in [1.29, 1.82) is 0 Å². The third-order valence-corrected chi connectivity index (χ3v) is 7.03. The molecule has 2 aromatic carbocycles. The van der Waals surface area contributed by atoms with Crippen LogP contribution in [-0.4, -0.2) is 67.9 Å². The molecule has 1 aliphatic rings. The third-order valence-electron chi connectivity index (χ3n) is 5.72. The molecule has 1 aliphatic heterocycles. The van der Waals surface area contributed by atoms with Gasteiger partial charge in [0.25, 0.3) is 5.91 Å². The third kappa shape index (κ3) is 6.98. The summed E-state index contributed by atoms with van der Waals surface area (Å²) in [6.07, 6.45) is 0.821. The maximum atomic E-state index is 13.8. The molecule has 0 bridgehead atoms. The molecule has 3 aromatic rings.